The summed E-state index contributed by atoms with van der Waals surface area (Å²) in [6.45, 7) is 4.32. The Kier molecular flexibility index (Phi) is 4.74. The third-order valence-corrected chi connectivity index (χ3v) is 3.91. The third kappa shape index (κ3) is 3.65. The normalized spacial score (nSPS) is 10.6. The molecule has 0 unspecified atom stereocenters. The highest BCUT2D eigenvalue weighted by molar-refractivity contribution is 5.99. The van der Waals surface area contributed by atoms with Gasteiger partial charge in [0.05, 0.1) is 17.5 Å². The summed E-state index contributed by atoms with van der Waals surface area (Å²) in [5.41, 5.74) is 3.23. The van der Waals surface area contributed by atoms with Crippen molar-refractivity contribution in [1.82, 2.24) is 25.1 Å². The fourth-order valence-electron chi connectivity index (χ4n) is 2.71. The molecule has 0 fully saturated rings. The molecule has 0 saturated heterocycles. The largest absolute Gasteiger partial charge is 0.350 e. The van der Waals surface area contributed by atoms with Gasteiger partial charge in [-0.1, -0.05) is 30.3 Å². The molecule has 0 aliphatic heterocycles. The molecule has 1 amide bonds. The zero-order valence-corrected chi connectivity index (χ0v) is 14.1. The van der Waals surface area contributed by atoms with Gasteiger partial charge in [-0.3, -0.25) is 14.5 Å². The molecule has 0 bridgehead atoms. The van der Waals surface area contributed by atoms with Crippen molar-refractivity contribution in [3.05, 3.63) is 70.0 Å². The summed E-state index contributed by atoms with van der Waals surface area (Å²) in [6.07, 6.45) is 1.50. The van der Waals surface area contributed by atoms with E-state index in [1.54, 1.807) is 11.5 Å². The Morgan fingerprint density at radius 2 is 2.00 bits per heavy atom. The van der Waals surface area contributed by atoms with Gasteiger partial charge in [0.15, 0.2) is 0 Å². The van der Waals surface area contributed by atoms with Gasteiger partial charge in [-0.15, -0.1) is 0 Å². The number of benzene rings is 1. The van der Waals surface area contributed by atoms with Gasteiger partial charge < -0.3 is 5.32 Å². The van der Waals surface area contributed by atoms with Crippen molar-refractivity contribution in [3.8, 4) is 11.3 Å². The van der Waals surface area contributed by atoms with Gasteiger partial charge in [0.1, 0.15) is 0 Å². The summed E-state index contributed by atoms with van der Waals surface area (Å²) in [7, 11) is 0. The number of nitrogens with zero attached hydrogens (tertiary/aromatic N) is 3. The maximum atomic E-state index is 12.4. The van der Waals surface area contributed by atoms with Crippen LogP contribution in [0.1, 0.15) is 21.7 Å². The number of hydrogen-bond acceptors (Lipinski definition) is 4. The van der Waals surface area contributed by atoms with Crippen molar-refractivity contribution in [2.75, 3.05) is 6.54 Å². The second-order valence-electron chi connectivity index (χ2n) is 5.75. The van der Waals surface area contributed by atoms with Crippen molar-refractivity contribution in [2.45, 2.75) is 20.4 Å². The molecule has 2 N–H and O–H groups in total. The van der Waals surface area contributed by atoms with Crippen LogP contribution >= 0.6 is 0 Å². The minimum Gasteiger partial charge on any atom is -0.350 e. The topological polar surface area (TPSA) is 92.7 Å². The monoisotopic (exact) mass is 337 g/mol. The molecule has 128 valence electrons. The molecule has 0 spiro atoms. The van der Waals surface area contributed by atoms with Crippen molar-refractivity contribution in [1.29, 1.82) is 0 Å². The van der Waals surface area contributed by atoms with Crippen molar-refractivity contribution in [2.24, 2.45) is 0 Å². The fraction of sp³-hybridized carbons (Fsp3) is 0.222. The fourth-order valence-corrected chi connectivity index (χ4v) is 2.71. The first-order chi connectivity index (χ1) is 12.1. The molecule has 0 atom stereocenters. The molecular formula is C18H19N5O2. The van der Waals surface area contributed by atoms with E-state index in [2.05, 4.69) is 20.5 Å². The van der Waals surface area contributed by atoms with Gasteiger partial charge in [0, 0.05) is 30.0 Å². The van der Waals surface area contributed by atoms with E-state index >= 15 is 0 Å². The Morgan fingerprint density at radius 3 is 2.72 bits per heavy atom. The second-order valence-corrected chi connectivity index (χ2v) is 5.75. The zero-order valence-electron chi connectivity index (χ0n) is 14.1. The first-order valence-electron chi connectivity index (χ1n) is 7.98. The van der Waals surface area contributed by atoms with Gasteiger partial charge in [-0.05, 0) is 19.9 Å². The number of aryl methyl sites for hydroxylation is 2. The molecule has 0 aliphatic rings. The highest BCUT2D eigenvalue weighted by Gasteiger charge is 2.14. The maximum Gasteiger partial charge on any atom is 0.348 e. The smallest absolute Gasteiger partial charge is 0.348 e. The van der Waals surface area contributed by atoms with Gasteiger partial charge in [-0.2, -0.15) is 10.1 Å². The van der Waals surface area contributed by atoms with Crippen LogP contribution in [-0.4, -0.2) is 32.2 Å². The van der Waals surface area contributed by atoms with E-state index < -0.39 is 0 Å². The first kappa shape index (κ1) is 16.6. The van der Waals surface area contributed by atoms with Crippen LogP contribution in [0.4, 0.5) is 0 Å². The summed E-state index contributed by atoms with van der Waals surface area (Å²) >= 11 is 0. The van der Waals surface area contributed by atoms with Gasteiger partial charge in [0.2, 0.25) is 0 Å². The highest BCUT2D eigenvalue weighted by Crippen LogP contribution is 2.20. The number of nitrogens with one attached hydrogen (secondary N) is 2. The summed E-state index contributed by atoms with van der Waals surface area (Å²) in [6, 6.07) is 11.4. The van der Waals surface area contributed by atoms with E-state index in [1.165, 1.54) is 6.20 Å². The van der Waals surface area contributed by atoms with Crippen LogP contribution in [0.15, 0.2) is 47.4 Å². The molecule has 7 heteroatoms. The molecule has 3 aromatic rings. The SMILES string of the molecule is Cc1cc(C)n(CCNC(=O)c2cn[nH]c2-c2ccccc2)c(=O)n1. The number of aromatic amines is 1. The lowest BCUT2D eigenvalue weighted by Crippen LogP contribution is -2.33. The molecule has 3 rings (SSSR count). The molecule has 1 aromatic carbocycles. The average molecular weight is 337 g/mol. The molecule has 0 aliphatic carbocycles. The number of H-pyrrole nitrogens is 1. The number of aromatic nitrogens is 4. The predicted molar refractivity (Wildman–Crippen MR) is 94.3 cm³/mol. The second kappa shape index (κ2) is 7.12. The lowest BCUT2D eigenvalue weighted by atomic mass is 10.1. The van der Waals surface area contributed by atoms with Crippen molar-refractivity contribution in [3.63, 3.8) is 0 Å². The van der Waals surface area contributed by atoms with Gasteiger partial charge in [-0.25, -0.2) is 4.79 Å². The quantitative estimate of drug-likeness (QED) is 0.741. The molecule has 0 radical (unpaired) electrons. The highest BCUT2D eigenvalue weighted by atomic mass is 16.2. The molecule has 2 heterocycles. The van der Waals surface area contributed by atoms with Crippen LogP contribution in [0, 0.1) is 13.8 Å². The van der Waals surface area contributed by atoms with Crippen molar-refractivity contribution < 1.29 is 4.79 Å². The Hall–Kier alpha value is -3.22. The number of hydrogen-bond donors (Lipinski definition) is 2. The Balaban J connectivity index is 1.69. The summed E-state index contributed by atoms with van der Waals surface area (Å²) in [4.78, 5) is 28.3. The minimum absolute atomic E-state index is 0.238. The van der Waals surface area contributed by atoms with Crippen LogP contribution in [0.3, 0.4) is 0 Å². The van der Waals surface area contributed by atoms with Crippen LogP contribution in [-0.2, 0) is 6.54 Å². The van der Waals surface area contributed by atoms with Gasteiger partial charge in [0.25, 0.3) is 5.91 Å². The van der Waals surface area contributed by atoms with Crippen LogP contribution in [0.2, 0.25) is 0 Å². The molecule has 25 heavy (non-hydrogen) atoms. The Bertz CT molecular complexity index is 944. The average Bonchev–Trinajstić information content (AvgIpc) is 3.07. The van der Waals surface area contributed by atoms with Crippen molar-refractivity contribution >= 4 is 5.91 Å². The maximum absolute atomic E-state index is 12.4. The minimum atomic E-state index is -0.306. The lowest BCUT2D eigenvalue weighted by Gasteiger charge is -2.10. The van der Waals surface area contributed by atoms with Crippen LogP contribution in [0.5, 0.6) is 0 Å². The number of carbonyl (C=O) groups is 1. The lowest BCUT2D eigenvalue weighted by molar-refractivity contribution is 0.0952. The number of rotatable bonds is 5. The standard InChI is InChI=1S/C18H19N5O2/c1-12-10-13(2)23(18(25)21-12)9-8-19-17(24)15-11-20-22-16(15)14-6-4-3-5-7-14/h3-7,10-11H,8-9H2,1-2H3,(H,19,24)(H,20,22). The Labute approximate surface area is 144 Å². The summed E-state index contributed by atoms with van der Waals surface area (Å²) in [5.74, 6) is -0.238. The predicted octanol–water partition coefficient (Wildman–Crippen LogP) is 1.68. The molecule has 0 saturated carbocycles. The molecular weight excluding hydrogens is 318 g/mol. The Morgan fingerprint density at radius 1 is 1.24 bits per heavy atom. The number of amides is 1. The van der Waals surface area contributed by atoms with E-state index in [1.807, 2.05) is 43.3 Å². The summed E-state index contributed by atoms with van der Waals surface area (Å²) < 4.78 is 1.54. The van der Waals surface area contributed by atoms with E-state index in [0.717, 1.165) is 11.3 Å². The van der Waals surface area contributed by atoms with E-state index in [4.69, 9.17) is 0 Å². The van der Waals surface area contributed by atoms with E-state index in [0.29, 0.717) is 30.0 Å². The summed E-state index contributed by atoms with van der Waals surface area (Å²) in [5, 5.41) is 9.66. The zero-order chi connectivity index (χ0) is 17.8. The van der Waals surface area contributed by atoms with Crippen LogP contribution < -0.4 is 11.0 Å². The van der Waals surface area contributed by atoms with Gasteiger partial charge >= 0.3 is 5.69 Å². The first-order valence-corrected chi connectivity index (χ1v) is 7.98. The number of carbonyl (C=O) groups excluding carboxylic acids is 1. The molecule has 7 nitrogen and oxygen atoms in total. The van der Waals surface area contributed by atoms with E-state index in [-0.39, 0.29) is 11.6 Å². The molecule has 2 aromatic heterocycles. The van der Waals surface area contributed by atoms with E-state index in [9.17, 15) is 9.59 Å². The van der Waals surface area contributed by atoms with Crippen LogP contribution in [0.25, 0.3) is 11.3 Å². The third-order valence-electron chi connectivity index (χ3n) is 3.91.